The van der Waals surface area contributed by atoms with Gasteiger partial charge in [-0.15, -0.1) is 0 Å². The van der Waals surface area contributed by atoms with Gasteiger partial charge in [0.05, 0.1) is 37.1 Å². The second kappa shape index (κ2) is 7.46. The van der Waals surface area contributed by atoms with Crippen molar-refractivity contribution in [2.45, 2.75) is 6.10 Å². The molecule has 1 aliphatic heterocycles. The molecule has 8 heteroatoms. The van der Waals surface area contributed by atoms with Crippen molar-refractivity contribution in [1.82, 2.24) is 9.97 Å². The number of aromatic nitrogens is 2. The normalized spacial score (nSPS) is 15.4. The van der Waals surface area contributed by atoms with E-state index >= 15 is 0 Å². The molecule has 0 amide bonds. The monoisotopic (exact) mass is 387 g/mol. The molecule has 2 aromatic carbocycles. The molecule has 0 bridgehead atoms. The van der Waals surface area contributed by atoms with E-state index in [0.717, 1.165) is 17.5 Å². The average molecular weight is 388 g/mol. The molecule has 1 aromatic heterocycles. The van der Waals surface area contributed by atoms with Gasteiger partial charge in [0.1, 0.15) is 30.6 Å². The van der Waals surface area contributed by atoms with Gasteiger partial charge in [-0.3, -0.25) is 0 Å². The van der Waals surface area contributed by atoms with Gasteiger partial charge in [-0.05, 0) is 18.2 Å². The van der Waals surface area contributed by atoms with Crippen LogP contribution >= 0.6 is 11.6 Å². The number of fused-ring (bicyclic) bond motifs is 1. The van der Waals surface area contributed by atoms with E-state index < -0.39 is 0 Å². The van der Waals surface area contributed by atoms with E-state index in [1.165, 1.54) is 6.33 Å². The van der Waals surface area contributed by atoms with Crippen LogP contribution in [0.15, 0.2) is 36.7 Å². The lowest BCUT2D eigenvalue weighted by molar-refractivity contribution is 0.252. The molecule has 3 aromatic rings. The molecule has 1 atom stereocenters. The van der Waals surface area contributed by atoms with Crippen LogP contribution in [0.1, 0.15) is 0 Å². The Balaban J connectivity index is 1.70. The van der Waals surface area contributed by atoms with Crippen molar-refractivity contribution in [1.29, 1.82) is 0 Å². The fourth-order valence-electron chi connectivity index (χ4n) is 2.64. The van der Waals surface area contributed by atoms with Crippen molar-refractivity contribution in [2.75, 3.05) is 32.8 Å². The molecule has 0 aliphatic carbocycles. The van der Waals surface area contributed by atoms with Gasteiger partial charge in [0.2, 0.25) is 0 Å². The first-order valence-corrected chi connectivity index (χ1v) is 8.73. The second-order valence-corrected chi connectivity index (χ2v) is 6.39. The highest BCUT2D eigenvalue weighted by molar-refractivity contribution is 6.33. The minimum absolute atomic E-state index is 0.156. The number of halogens is 1. The minimum atomic E-state index is 0.156. The number of hydrogen-bond donors (Lipinski definition) is 1. The Hall–Kier alpha value is -2.77. The molecule has 27 heavy (non-hydrogen) atoms. The van der Waals surface area contributed by atoms with Crippen molar-refractivity contribution in [3.05, 3.63) is 41.7 Å². The van der Waals surface area contributed by atoms with E-state index in [1.54, 1.807) is 32.4 Å². The van der Waals surface area contributed by atoms with Crippen molar-refractivity contribution in [2.24, 2.45) is 0 Å². The van der Waals surface area contributed by atoms with Crippen LogP contribution < -0.4 is 19.5 Å². The van der Waals surface area contributed by atoms with Crippen molar-refractivity contribution in [3.63, 3.8) is 0 Å². The Labute approximate surface area is 161 Å². The zero-order valence-electron chi connectivity index (χ0n) is 14.9. The van der Waals surface area contributed by atoms with E-state index in [2.05, 4.69) is 15.3 Å². The zero-order valence-corrected chi connectivity index (χ0v) is 15.6. The highest BCUT2D eigenvalue weighted by Gasteiger charge is 2.24. The van der Waals surface area contributed by atoms with Gasteiger partial charge in [0.15, 0.2) is 11.5 Å². The SMILES string of the molecule is COc1ccc(Cl)c(Nc2ncnc3cc(OCC4CO4)c(OC)cc23)c1. The molecule has 1 aliphatic rings. The molecular weight excluding hydrogens is 370 g/mol. The van der Waals surface area contributed by atoms with Crippen LogP contribution in [0.25, 0.3) is 10.9 Å². The van der Waals surface area contributed by atoms with Crippen LogP contribution in [0.4, 0.5) is 11.5 Å². The summed E-state index contributed by atoms with van der Waals surface area (Å²) in [7, 11) is 3.20. The summed E-state index contributed by atoms with van der Waals surface area (Å²) < 4.78 is 21.7. The zero-order chi connectivity index (χ0) is 18.8. The molecule has 0 radical (unpaired) electrons. The predicted molar refractivity (Wildman–Crippen MR) is 103 cm³/mol. The highest BCUT2D eigenvalue weighted by Crippen LogP contribution is 2.36. The molecule has 1 saturated heterocycles. The molecule has 0 saturated carbocycles. The molecule has 140 valence electrons. The van der Waals surface area contributed by atoms with Crippen LogP contribution in [0.2, 0.25) is 5.02 Å². The van der Waals surface area contributed by atoms with Crippen molar-refractivity contribution < 1.29 is 18.9 Å². The number of methoxy groups -OCH3 is 2. The number of epoxide rings is 1. The molecule has 7 nitrogen and oxygen atoms in total. The summed E-state index contributed by atoms with van der Waals surface area (Å²) in [5.74, 6) is 2.50. The summed E-state index contributed by atoms with van der Waals surface area (Å²) in [6.07, 6.45) is 1.64. The summed E-state index contributed by atoms with van der Waals surface area (Å²) in [5.41, 5.74) is 1.40. The van der Waals surface area contributed by atoms with E-state index in [9.17, 15) is 0 Å². The number of nitrogens with one attached hydrogen (secondary N) is 1. The quantitative estimate of drug-likeness (QED) is 0.617. The van der Waals surface area contributed by atoms with E-state index in [-0.39, 0.29) is 6.10 Å². The Bertz CT molecular complexity index is 979. The van der Waals surface area contributed by atoms with Crippen molar-refractivity contribution >= 4 is 34.0 Å². The Morgan fingerprint density at radius 1 is 1.15 bits per heavy atom. The summed E-state index contributed by atoms with van der Waals surface area (Å²) >= 11 is 6.30. The third-order valence-electron chi connectivity index (χ3n) is 4.17. The maximum Gasteiger partial charge on any atom is 0.163 e. The van der Waals surface area contributed by atoms with Crippen LogP contribution in [0, 0.1) is 0 Å². The van der Waals surface area contributed by atoms with Crippen molar-refractivity contribution in [3.8, 4) is 17.2 Å². The molecule has 4 rings (SSSR count). The van der Waals surface area contributed by atoms with Gasteiger partial charge in [0, 0.05) is 17.5 Å². The summed E-state index contributed by atoms with van der Waals surface area (Å²) in [4.78, 5) is 8.69. The lowest BCUT2D eigenvalue weighted by Gasteiger charge is -2.14. The highest BCUT2D eigenvalue weighted by atomic mass is 35.5. The van der Waals surface area contributed by atoms with Gasteiger partial charge >= 0.3 is 0 Å². The van der Waals surface area contributed by atoms with Crippen LogP contribution in [-0.4, -0.2) is 43.5 Å². The Kier molecular flexibility index (Phi) is 4.87. The van der Waals surface area contributed by atoms with Gasteiger partial charge in [-0.2, -0.15) is 0 Å². The van der Waals surface area contributed by atoms with Gasteiger partial charge in [-0.25, -0.2) is 9.97 Å². The number of anilines is 2. The van der Waals surface area contributed by atoms with E-state index in [4.69, 9.17) is 30.5 Å². The molecular formula is C19H18ClN3O4. The largest absolute Gasteiger partial charge is 0.497 e. The predicted octanol–water partition coefficient (Wildman–Crippen LogP) is 3.82. The van der Waals surface area contributed by atoms with Gasteiger partial charge in [0.25, 0.3) is 0 Å². The van der Waals surface area contributed by atoms with E-state index in [0.29, 0.717) is 40.4 Å². The van der Waals surface area contributed by atoms with Crippen LogP contribution in [0.5, 0.6) is 17.2 Å². The fourth-order valence-corrected chi connectivity index (χ4v) is 2.80. The van der Waals surface area contributed by atoms with Gasteiger partial charge in [-0.1, -0.05) is 11.6 Å². The number of benzene rings is 2. The average Bonchev–Trinajstić information content (AvgIpc) is 3.52. The smallest absolute Gasteiger partial charge is 0.163 e. The first kappa shape index (κ1) is 17.6. The Morgan fingerprint density at radius 3 is 2.74 bits per heavy atom. The van der Waals surface area contributed by atoms with Gasteiger partial charge < -0.3 is 24.3 Å². The Morgan fingerprint density at radius 2 is 2.00 bits per heavy atom. The topological polar surface area (TPSA) is 78.0 Å². The molecule has 1 unspecified atom stereocenters. The second-order valence-electron chi connectivity index (χ2n) is 5.98. The summed E-state index contributed by atoms with van der Waals surface area (Å²) in [5, 5.41) is 4.58. The summed E-state index contributed by atoms with van der Waals surface area (Å²) in [6, 6.07) is 9.03. The maximum atomic E-state index is 6.30. The number of ether oxygens (including phenoxy) is 4. The first-order chi connectivity index (χ1) is 13.2. The molecule has 2 heterocycles. The number of hydrogen-bond acceptors (Lipinski definition) is 7. The van der Waals surface area contributed by atoms with Crippen LogP contribution in [0.3, 0.4) is 0 Å². The third-order valence-corrected chi connectivity index (χ3v) is 4.50. The molecule has 1 fully saturated rings. The first-order valence-electron chi connectivity index (χ1n) is 8.35. The fraction of sp³-hybridized carbons (Fsp3) is 0.263. The maximum absolute atomic E-state index is 6.30. The number of rotatable bonds is 7. The lowest BCUT2D eigenvalue weighted by atomic mass is 10.2. The van der Waals surface area contributed by atoms with Crippen LogP contribution in [-0.2, 0) is 4.74 Å². The third kappa shape index (κ3) is 3.84. The summed E-state index contributed by atoms with van der Waals surface area (Å²) in [6.45, 7) is 1.21. The standard InChI is InChI=1S/C19H18ClN3O4/c1-24-11-3-4-14(20)16(5-11)23-19-13-6-17(25-2)18(27-9-12-8-26-12)7-15(13)21-10-22-19/h3-7,10,12H,8-9H2,1-2H3,(H,21,22,23). The lowest BCUT2D eigenvalue weighted by Crippen LogP contribution is -2.05. The number of nitrogens with zero attached hydrogens (tertiary/aromatic N) is 2. The molecule has 1 N–H and O–H groups in total. The van der Waals surface area contributed by atoms with E-state index in [1.807, 2.05) is 12.1 Å². The molecule has 0 spiro atoms. The minimum Gasteiger partial charge on any atom is -0.497 e.